The maximum absolute atomic E-state index is 13.7. The van der Waals surface area contributed by atoms with Crippen LogP contribution in [0, 0.1) is 5.82 Å². The summed E-state index contributed by atoms with van der Waals surface area (Å²) in [6, 6.07) is 3.56. The number of likely N-dealkylation sites (N-methyl/N-ethyl adjacent to an activating group) is 1. The monoisotopic (exact) mass is 257 g/mol. The van der Waals surface area contributed by atoms with Crippen LogP contribution in [-0.4, -0.2) is 43.0 Å². The average molecular weight is 257 g/mol. The normalized spacial score (nSPS) is 14.1. The molecule has 0 heterocycles. The largest absolute Gasteiger partial charge is 0.465 e. The minimum absolute atomic E-state index is 0.0501. The van der Waals surface area contributed by atoms with E-state index in [2.05, 4.69) is 10.1 Å². The van der Waals surface area contributed by atoms with Crippen molar-refractivity contribution >= 4 is 5.97 Å². The van der Waals surface area contributed by atoms with Crippen molar-refractivity contribution < 1.29 is 24.1 Å². The lowest BCUT2D eigenvalue weighted by atomic mass is 10.0. The van der Waals surface area contributed by atoms with E-state index in [0.29, 0.717) is 0 Å². The van der Waals surface area contributed by atoms with E-state index in [-0.39, 0.29) is 17.7 Å². The molecule has 1 aromatic rings. The number of benzene rings is 1. The van der Waals surface area contributed by atoms with Crippen LogP contribution < -0.4 is 5.32 Å². The van der Waals surface area contributed by atoms with Crippen molar-refractivity contribution in [3.05, 3.63) is 35.1 Å². The highest BCUT2D eigenvalue weighted by Crippen LogP contribution is 2.21. The standard InChI is InChI=1S/C12H16FNO4/c1-14-6-10(15)11(16)8-4-3-7(5-9(8)13)12(17)18-2/h3-5,10-11,14-16H,6H2,1-2H3. The Kier molecular flexibility index (Phi) is 5.21. The van der Waals surface area contributed by atoms with Gasteiger partial charge in [-0.3, -0.25) is 0 Å². The third-order valence-corrected chi connectivity index (χ3v) is 2.52. The first kappa shape index (κ1) is 14.6. The molecule has 1 aromatic carbocycles. The fraction of sp³-hybridized carbons (Fsp3) is 0.417. The van der Waals surface area contributed by atoms with Crippen molar-refractivity contribution in [2.24, 2.45) is 0 Å². The van der Waals surface area contributed by atoms with Gasteiger partial charge in [-0.15, -0.1) is 0 Å². The number of ether oxygens (including phenoxy) is 1. The van der Waals surface area contributed by atoms with Gasteiger partial charge in [0.15, 0.2) is 0 Å². The Morgan fingerprint density at radius 2 is 2.17 bits per heavy atom. The Bertz CT molecular complexity index is 425. The van der Waals surface area contributed by atoms with Crippen molar-refractivity contribution in [2.45, 2.75) is 12.2 Å². The number of hydrogen-bond donors (Lipinski definition) is 3. The Balaban J connectivity index is 2.94. The highest BCUT2D eigenvalue weighted by molar-refractivity contribution is 5.89. The van der Waals surface area contributed by atoms with Gasteiger partial charge in [-0.25, -0.2) is 9.18 Å². The van der Waals surface area contributed by atoms with E-state index in [1.54, 1.807) is 7.05 Å². The predicted molar refractivity (Wildman–Crippen MR) is 62.6 cm³/mol. The second-order valence-corrected chi connectivity index (χ2v) is 3.80. The molecule has 6 heteroatoms. The minimum atomic E-state index is -1.36. The maximum atomic E-state index is 13.7. The summed E-state index contributed by atoms with van der Waals surface area (Å²) in [7, 11) is 2.80. The average Bonchev–Trinajstić information content (AvgIpc) is 2.37. The summed E-state index contributed by atoms with van der Waals surface area (Å²) in [5.74, 6) is -1.42. The number of nitrogens with one attached hydrogen (secondary N) is 1. The van der Waals surface area contributed by atoms with E-state index in [0.717, 1.165) is 6.07 Å². The maximum Gasteiger partial charge on any atom is 0.337 e. The molecule has 0 amide bonds. The highest BCUT2D eigenvalue weighted by atomic mass is 19.1. The lowest BCUT2D eigenvalue weighted by Gasteiger charge is -2.18. The van der Waals surface area contributed by atoms with Crippen LogP contribution in [0.25, 0.3) is 0 Å². The van der Waals surface area contributed by atoms with Gasteiger partial charge in [0.1, 0.15) is 11.9 Å². The summed E-state index contributed by atoms with van der Waals surface area (Å²) in [6.45, 7) is 0.124. The summed E-state index contributed by atoms with van der Waals surface area (Å²) in [6.07, 6.45) is -2.49. The van der Waals surface area contributed by atoms with Crippen molar-refractivity contribution in [2.75, 3.05) is 20.7 Å². The van der Waals surface area contributed by atoms with Crippen molar-refractivity contribution in [3.8, 4) is 0 Å². The molecular formula is C12H16FNO4. The molecule has 2 unspecified atom stereocenters. The van der Waals surface area contributed by atoms with E-state index in [1.165, 1.54) is 19.2 Å². The summed E-state index contributed by atoms with van der Waals surface area (Å²) < 4.78 is 18.1. The van der Waals surface area contributed by atoms with Gasteiger partial charge in [-0.05, 0) is 19.2 Å². The quantitative estimate of drug-likeness (QED) is 0.658. The van der Waals surface area contributed by atoms with E-state index in [4.69, 9.17) is 0 Å². The van der Waals surface area contributed by atoms with Gasteiger partial charge in [0.05, 0.1) is 18.8 Å². The summed E-state index contributed by atoms with van der Waals surface area (Å²) in [5.41, 5.74) is -0.0144. The lowest BCUT2D eigenvalue weighted by molar-refractivity contribution is 0.0181. The number of halogens is 1. The zero-order valence-corrected chi connectivity index (χ0v) is 10.2. The Morgan fingerprint density at radius 3 is 2.67 bits per heavy atom. The second-order valence-electron chi connectivity index (χ2n) is 3.80. The first-order valence-corrected chi connectivity index (χ1v) is 5.39. The molecule has 18 heavy (non-hydrogen) atoms. The number of carbonyl (C=O) groups excluding carboxylic acids is 1. The van der Waals surface area contributed by atoms with Crippen LogP contribution in [0.1, 0.15) is 22.0 Å². The summed E-state index contributed by atoms with van der Waals surface area (Å²) >= 11 is 0. The van der Waals surface area contributed by atoms with Gasteiger partial charge in [-0.2, -0.15) is 0 Å². The SMILES string of the molecule is CNCC(O)C(O)c1ccc(C(=O)OC)cc1F. The molecule has 0 saturated heterocycles. The van der Waals surface area contributed by atoms with Crippen LogP contribution in [0.3, 0.4) is 0 Å². The van der Waals surface area contributed by atoms with Gasteiger partial charge in [0, 0.05) is 12.1 Å². The lowest BCUT2D eigenvalue weighted by Crippen LogP contribution is -2.30. The fourth-order valence-electron chi connectivity index (χ4n) is 1.54. The second kappa shape index (κ2) is 6.44. The number of aliphatic hydroxyl groups excluding tert-OH is 2. The molecule has 5 nitrogen and oxygen atoms in total. The van der Waals surface area contributed by atoms with Crippen molar-refractivity contribution in [1.82, 2.24) is 5.32 Å². The number of aliphatic hydroxyl groups is 2. The molecule has 3 N–H and O–H groups in total. The molecule has 0 fully saturated rings. The Morgan fingerprint density at radius 1 is 1.50 bits per heavy atom. The topological polar surface area (TPSA) is 78.8 Å². The van der Waals surface area contributed by atoms with Crippen LogP contribution in [0.4, 0.5) is 4.39 Å². The molecule has 2 atom stereocenters. The third-order valence-electron chi connectivity index (χ3n) is 2.52. The number of rotatable bonds is 5. The molecule has 100 valence electrons. The zero-order chi connectivity index (χ0) is 13.7. The van der Waals surface area contributed by atoms with E-state index >= 15 is 0 Å². The van der Waals surface area contributed by atoms with Crippen LogP contribution in [0.15, 0.2) is 18.2 Å². The first-order valence-electron chi connectivity index (χ1n) is 5.39. The van der Waals surface area contributed by atoms with E-state index in [1.807, 2.05) is 0 Å². The molecule has 0 aliphatic heterocycles. The molecule has 0 aliphatic rings. The van der Waals surface area contributed by atoms with Crippen molar-refractivity contribution in [3.63, 3.8) is 0 Å². The molecule has 0 aliphatic carbocycles. The number of esters is 1. The van der Waals surface area contributed by atoms with Gasteiger partial charge in [0.2, 0.25) is 0 Å². The molecule has 0 radical (unpaired) electrons. The summed E-state index contributed by atoms with van der Waals surface area (Å²) in [4.78, 5) is 11.2. The molecule has 0 aromatic heterocycles. The molecular weight excluding hydrogens is 241 g/mol. The smallest absolute Gasteiger partial charge is 0.337 e. The van der Waals surface area contributed by atoms with Crippen LogP contribution in [0.2, 0.25) is 0 Å². The van der Waals surface area contributed by atoms with Gasteiger partial charge >= 0.3 is 5.97 Å². The molecule has 0 saturated carbocycles. The molecule has 0 spiro atoms. The van der Waals surface area contributed by atoms with Crippen molar-refractivity contribution in [1.29, 1.82) is 0 Å². The molecule has 1 rings (SSSR count). The van der Waals surface area contributed by atoms with Crippen LogP contribution >= 0.6 is 0 Å². The fourth-order valence-corrected chi connectivity index (χ4v) is 1.54. The Hall–Kier alpha value is -1.50. The van der Waals surface area contributed by atoms with Gasteiger partial charge < -0.3 is 20.3 Å². The zero-order valence-electron chi connectivity index (χ0n) is 10.2. The van der Waals surface area contributed by atoms with E-state index in [9.17, 15) is 19.4 Å². The molecule has 0 bridgehead atoms. The number of carbonyl (C=O) groups is 1. The minimum Gasteiger partial charge on any atom is -0.465 e. The highest BCUT2D eigenvalue weighted by Gasteiger charge is 2.22. The van der Waals surface area contributed by atoms with E-state index < -0.39 is 24.0 Å². The van der Waals surface area contributed by atoms with Gasteiger partial charge in [-0.1, -0.05) is 6.07 Å². The number of methoxy groups -OCH3 is 1. The first-order chi connectivity index (χ1) is 8.51. The van der Waals surface area contributed by atoms with Crippen LogP contribution in [0.5, 0.6) is 0 Å². The third kappa shape index (κ3) is 3.25. The van der Waals surface area contributed by atoms with Crippen LogP contribution in [-0.2, 0) is 4.74 Å². The summed E-state index contributed by atoms with van der Waals surface area (Å²) in [5, 5.41) is 22.0. The Labute approximate surface area is 104 Å². The predicted octanol–water partition coefficient (Wildman–Crippen LogP) is 0.226. The number of hydrogen-bond acceptors (Lipinski definition) is 5. The van der Waals surface area contributed by atoms with Gasteiger partial charge in [0.25, 0.3) is 0 Å².